The largest absolute Gasteiger partial charge is 0.393 e. The summed E-state index contributed by atoms with van der Waals surface area (Å²) in [6, 6.07) is -0.703. The summed E-state index contributed by atoms with van der Waals surface area (Å²) in [7, 11) is 0. The van der Waals surface area contributed by atoms with Gasteiger partial charge in [0.15, 0.2) is 0 Å². The minimum atomic E-state index is -0.703. The van der Waals surface area contributed by atoms with Gasteiger partial charge in [0.2, 0.25) is 11.8 Å². The molecule has 0 aromatic carbocycles. The number of amides is 2. The third-order valence-corrected chi connectivity index (χ3v) is 2.14. The van der Waals surface area contributed by atoms with Crippen LogP contribution in [0.2, 0.25) is 0 Å². The maximum absolute atomic E-state index is 11.4. The Kier molecular flexibility index (Phi) is 5.07. The number of nitrogens with two attached hydrogens (primary N) is 2. The lowest BCUT2D eigenvalue weighted by Crippen LogP contribution is -2.46. The molecule has 5 N–H and O–H groups in total. The van der Waals surface area contributed by atoms with Crippen LogP contribution >= 0.6 is 12.2 Å². The molecule has 0 aromatic rings. The van der Waals surface area contributed by atoms with Crippen molar-refractivity contribution in [3.05, 3.63) is 0 Å². The molecule has 80 valence electrons. The fourth-order valence-corrected chi connectivity index (χ4v) is 1.17. The quantitative estimate of drug-likeness (QED) is 0.530. The van der Waals surface area contributed by atoms with Gasteiger partial charge < -0.3 is 16.8 Å². The number of nitrogens with one attached hydrogen (secondary N) is 1. The second kappa shape index (κ2) is 5.54. The first kappa shape index (κ1) is 12.8. The molecule has 0 aliphatic rings. The maximum Gasteiger partial charge on any atom is 0.239 e. The minimum Gasteiger partial charge on any atom is -0.393 e. The number of carbonyl (C=O) groups is 2. The summed E-state index contributed by atoms with van der Waals surface area (Å²) in [4.78, 5) is 22.2. The van der Waals surface area contributed by atoms with Crippen molar-refractivity contribution in [1.82, 2.24) is 5.32 Å². The van der Waals surface area contributed by atoms with Crippen molar-refractivity contribution in [2.45, 2.75) is 26.3 Å². The first-order valence-electron chi connectivity index (χ1n) is 4.29. The van der Waals surface area contributed by atoms with Gasteiger partial charge in [0, 0.05) is 0 Å². The lowest BCUT2D eigenvalue weighted by atomic mass is 10.1. The van der Waals surface area contributed by atoms with Crippen LogP contribution < -0.4 is 16.8 Å². The predicted molar refractivity (Wildman–Crippen MR) is 57.4 cm³/mol. The van der Waals surface area contributed by atoms with Crippen LogP contribution in [-0.4, -0.2) is 22.8 Å². The number of hydrogen-bond acceptors (Lipinski definition) is 3. The number of hydrogen-bond donors (Lipinski definition) is 3. The number of primary amides is 1. The molecule has 6 heteroatoms. The summed E-state index contributed by atoms with van der Waals surface area (Å²) < 4.78 is 0. The van der Waals surface area contributed by atoms with E-state index in [9.17, 15) is 9.59 Å². The summed E-state index contributed by atoms with van der Waals surface area (Å²) in [6.45, 7) is 3.30. The van der Waals surface area contributed by atoms with Gasteiger partial charge in [-0.2, -0.15) is 0 Å². The van der Waals surface area contributed by atoms with E-state index in [0.717, 1.165) is 0 Å². The normalized spacial score (nSPS) is 14.1. The summed E-state index contributed by atoms with van der Waals surface area (Å²) in [6.07, 6.45) is 0.507. The highest BCUT2D eigenvalue weighted by atomic mass is 32.1. The van der Waals surface area contributed by atoms with Crippen molar-refractivity contribution < 1.29 is 9.59 Å². The third-order valence-electron chi connectivity index (χ3n) is 1.85. The van der Waals surface area contributed by atoms with Crippen LogP contribution in [0, 0.1) is 5.92 Å². The Bertz CT molecular complexity index is 255. The van der Waals surface area contributed by atoms with E-state index in [1.807, 2.05) is 0 Å². The zero-order valence-corrected chi connectivity index (χ0v) is 9.06. The summed E-state index contributed by atoms with van der Waals surface area (Å²) >= 11 is 4.71. The van der Waals surface area contributed by atoms with E-state index in [2.05, 4.69) is 5.32 Å². The fourth-order valence-electron chi connectivity index (χ4n) is 0.901. The van der Waals surface area contributed by atoms with Crippen LogP contribution in [0.1, 0.15) is 20.3 Å². The molecule has 0 fully saturated rings. The molecule has 0 bridgehead atoms. The Morgan fingerprint density at radius 2 is 1.93 bits per heavy atom. The molecule has 0 radical (unpaired) electrons. The molecule has 0 aliphatic heterocycles. The van der Waals surface area contributed by atoms with Gasteiger partial charge in [0.1, 0.15) is 6.04 Å². The first-order chi connectivity index (χ1) is 6.40. The van der Waals surface area contributed by atoms with E-state index in [-0.39, 0.29) is 10.9 Å². The molecule has 0 aliphatic carbocycles. The van der Waals surface area contributed by atoms with Gasteiger partial charge in [0.25, 0.3) is 0 Å². The Morgan fingerprint density at radius 1 is 1.43 bits per heavy atom. The summed E-state index contributed by atoms with van der Waals surface area (Å²) in [5, 5.41) is 2.43. The van der Waals surface area contributed by atoms with Gasteiger partial charge in [-0.3, -0.25) is 9.59 Å². The van der Waals surface area contributed by atoms with Gasteiger partial charge in [-0.1, -0.05) is 19.1 Å². The third kappa shape index (κ3) is 3.69. The number of carbonyl (C=O) groups excluding carboxylic acids is 2. The van der Waals surface area contributed by atoms with Crippen LogP contribution in [0.3, 0.4) is 0 Å². The lowest BCUT2D eigenvalue weighted by Gasteiger charge is -2.16. The molecule has 0 aromatic heterocycles. The van der Waals surface area contributed by atoms with Gasteiger partial charge in [-0.15, -0.1) is 0 Å². The Morgan fingerprint density at radius 3 is 2.21 bits per heavy atom. The lowest BCUT2D eigenvalue weighted by molar-refractivity contribution is -0.128. The number of thiocarbonyl (C=S) groups is 1. The molecule has 14 heavy (non-hydrogen) atoms. The van der Waals surface area contributed by atoms with E-state index in [1.54, 1.807) is 6.92 Å². The van der Waals surface area contributed by atoms with Crippen LogP contribution in [0.15, 0.2) is 0 Å². The van der Waals surface area contributed by atoms with E-state index in [4.69, 9.17) is 23.7 Å². The van der Waals surface area contributed by atoms with Crippen molar-refractivity contribution in [3.8, 4) is 0 Å². The van der Waals surface area contributed by atoms with Crippen molar-refractivity contribution >= 4 is 29.0 Å². The van der Waals surface area contributed by atoms with Crippen molar-refractivity contribution in [1.29, 1.82) is 0 Å². The zero-order valence-electron chi connectivity index (χ0n) is 8.24. The zero-order chi connectivity index (χ0) is 11.3. The van der Waals surface area contributed by atoms with E-state index >= 15 is 0 Å². The van der Waals surface area contributed by atoms with Gasteiger partial charge in [-0.05, 0) is 13.3 Å². The summed E-state index contributed by atoms with van der Waals surface area (Å²) in [5.74, 6) is -1.48. The van der Waals surface area contributed by atoms with Crippen LogP contribution in [0.5, 0.6) is 0 Å². The summed E-state index contributed by atoms with van der Waals surface area (Å²) in [5.41, 5.74) is 10.3. The molecular weight excluding hydrogens is 202 g/mol. The van der Waals surface area contributed by atoms with Gasteiger partial charge in [-0.25, -0.2) is 0 Å². The molecule has 0 rings (SSSR count). The van der Waals surface area contributed by atoms with Gasteiger partial charge >= 0.3 is 0 Å². The first-order valence-corrected chi connectivity index (χ1v) is 4.70. The van der Waals surface area contributed by atoms with Crippen LogP contribution in [-0.2, 0) is 9.59 Å². The fraction of sp³-hybridized carbons (Fsp3) is 0.625. The van der Waals surface area contributed by atoms with E-state index < -0.39 is 17.9 Å². The Hall–Kier alpha value is -1.17. The smallest absolute Gasteiger partial charge is 0.239 e. The number of rotatable bonds is 5. The Balaban J connectivity index is 4.32. The van der Waals surface area contributed by atoms with E-state index in [0.29, 0.717) is 6.42 Å². The molecule has 2 atom stereocenters. The molecule has 0 saturated heterocycles. The van der Waals surface area contributed by atoms with Crippen molar-refractivity contribution in [2.75, 3.05) is 0 Å². The van der Waals surface area contributed by atoms with Gasteiger partial charge in [0.05, 0.1) is 10.9 Å². The molecule has 0 spiro atoms. The highest BCUT2D eigenvalue weighted by molar-refractivity contribution is 7.80. The SMILES string of the molecule is CCC(C(=O)NC(C)C(N)=O)C(N)=S. The maximum atomic E-state index is 11.4. The second-order valence-corrected chi connectivity index (χ2v) is 3.47. The average Bonchev–Trinajstić information content (AvgIpc) is 2.04. The molecule has 2 unspecified atom stereocenters. The predicted octanol–water partition coefficient (Wildman–Crippen LogP) is -0.711. The van der Waals surface area contributed by atoms with E-state index in [1.165, 1.54) is 6.92 Å². The van der Waals surface area contributed by atoms with Crippen LogP contribution in [0.25, 0.3) is 0 Å². The molecule has 0 heterocycles. The van der Waals surface area contributed by atoms with Crippen molar-refractivity contribution in [2.24, 2.45) is 17.4 Å². The highest BCUT2D eigenvalue weighted by Gasteiger charge is 2.22. The molecule has 2 amide bonds. The molecule has 5 nitrogen and oxygen atoms in total. The topological polar surface area (TPSA) is 98.2 Å². The standard InChI is InChI=1S/C8H15N3O2S/c1-3-5(7(10)14)8(13)11-4(2)6(9)12/h4-5H,3H2,1-2H3,(H2,9,12)(H2,10,14)(H,11,13). The highest BCUT2D eigenvalue weighted by Crippen LogP contribution is 2.03. The average molecular weight is 217 g/mol. The Labute approximate surface area is 88.2 Å². The second-order valence-electron chi connectivity index (χ2n) is 3.00. The minimum absolute atomic E-state index is 0.127. The monoisotopic (exact) mass is 217 g/mol. The molecular formula is C8H15N3O2S. The van der Waals surface area contributed by atoms with Crippen molar-refractivity contribution in [3.63, 3.8) is 0 Å². The van der Waals surface area contributed by atoms with Crippen LogP contribution in [0.4, 0.5) is 0 Å². The molecule has 0 saturated carbocycles.